The lowest BCUT2D eigenvalue weighted by Crippen LogP contribution is -2.23. The summed E-state index contributed by atoms with van der Waals surface area (Å²) in [6.45, 7) is 3.11. The second-order valence-corrected chi connectivity index (χ2v) is 7.88. The first kappa shape index (κ1) is 15.2. The van der Waals surface area contributed by atoms with Gasteiger partial charge in [0.1, 0.15) is 31.5 Å². The van der Waals surface area contributed by atoms with Gasteiger partial charge in [0.2, 0.25) is 0 Å². The van der Waals surface area contributed by atoms with Crippen LogP contribution in [-0.4, -0.2) is 52.2 Å². The smallest absolute Gasteiger partial charge is 0.450 e. The van der Waals surface area contributed by atoms with Crippen molar-refractivity contribution in [2.75, 3.05) is 0 Å². The number of nitrogens with one attached hydrogen (secondary N) is 1. The SMILES string of the molecule is C=CNC(=O)O.[SiH3]O[SiH](O[SiH3])O[SiH3]. The molecule has 0 aliphatic rings. The molecule has 0 saturated carbocycles. The Morgan fingerprint density at radius 2 is 1.77 bits per heavy atom. The highest BCUT2D eigenvalue weighted by Gasteiger charge is 2.02. The van der Waals surface area contributed by atoms with E-state index in [1.54, 1.807) is 0 Å². The molecular formula is C3H15NO5Si4. The van der Waals surface area contributed by atoms with E-state index in [4.69, 9.17) is 17.5 Å². The summed E-state index contributed by atoms with van der Waals surface area (Å²) < 4.78 is 14.9. The van der Waals surface area contributed by atoms with E-state index in [9.17, 15) is 4.79 Å². The van der Waals surface area contributed by atoms with Gasteiger partial charge in [-0.15, -0.1) is 0 Å². The molecule has 0 heterocycles. The third kappa shape index (κ3) is 14.6. The minimum atomic E-state index is -1.49. The molecule has 0 saturated heterocycles. The van der Waals surface area contributed by atoms with Gasteiger partial charge in [0, 0.05) is 0 Å². The van der Waals surface area contributed by atoms with Gasteiger partial charge in [0.25, 0.3) is 0 Å². The monoisotopic (exact) mass is 257 g/mol. The second-order valence-electron chi connectivity index (χ2n) is 1.65. The fraction of sp³-hybridized carbons (Fsp3) is 0. The van der Waals surface area contributed by atoms with E-state index in [-0.39, 0.29) is 0 Å². The Morgan fingerprint density at radius 3 is 1.77 bits per heavy atom. The predicted octanol–water partition coefficient (Wildman–Crippen LogP) is -4.01. The number of carbonyl (C=O) groups is 1. The second kappa shape index (κ2) is 11.8. The van der Waals surface area contributed by atoms with Crippen molar-refractivity contribution < 1.29 is 22.2 Å². The van der Waals surface area contributed by atoms with E-state index >= 15 is 0 Å². The summed E-state index contributed by atoms with van der Waals surface area (Å²) in [5, 5.41) is 9.62. The lowest BCUT2D eigenvalue weighted by atomic mass is 11.0. The molecule has 0 aromatic rings. The molecule has 0 aromatic heterocycles. The third-order valence-electron chi connectivity index (χ3n) is 0.803. The van der Waals surface area contributed by atoms with Gasteiger partial charge in [-0.1, -0.05) is 6.58 Å². The van der Waals surface area contributed by atoms with Crippen molar-refractivity contribution in [1.29, 1.82) is 0 Å². The van der Waals surface area contributed by atoms with Crippen LogP contribution in [0.1, 0.15) is 0 Å². The molecule has 6 nitrogen and oxygen atoms in total. The van der Waals surface area contributed by atoms with Gasteiger partial charge in [-0.2, -0.15) is 0 Å². The number of hydrogen-bond donors (Lipinski definition) is 2. The van der Waals surface area contributed by atoms with Crippen LogP contribution in [0.15, 0.2) is 12.8 Å². The molecule has 0 aliphatic carbocycles. The Balaban J connectivity index is 0. The van der Waals surface area contributed by atoms with E-state index in [0.29, 0.717) is 0 Å². The average Bonchev–Trinajstić information content (AvgIpc) is 2.08. The Labute approximate surface area is 87.9 Å². The van der Waals surface area contributed by atoms with Crippen molar-refractivity contribution in [3.8, 4) is 0 Å². The molecule has 0 atom stereocenters. The lowest BCUT2D eigenvalue weighted by molar-refractivity contribution is 0.198. The Kier molecular flexibility index (Phi) is 13.8. The standard InChI is InChI=1S/C3H5NO2.H10O3Si4/c1-2-4-3(5)6;4-1-7(2-5)3-6/h2,4H,1H2,(H,5,6);7H,4-6H3. The molecule has 78 valence electrons. The van der Waals surface area contributed by atoms with Crippen molar-refractivity contribution in [3.05, 3.63) is 12.8 Å². The van der Waals surface area contributed by atoms with Gasteiger partial charge in [-0.25, -0.2) is 4.79 Å². The van der Waals surface area contributed by atoms with Crippen LogP contribution in [0.5, 0.6) is 0 Å². The molecule has 0 rings (SSSR count). The van der Waals surface area contributed by atoms with Crippen molar-refractivity contribution >= 4 is 47.1 Å². The van der Waals surface area contributed by atoms with Gasteiger partial charge in [0.05, 0.1) is 0 Å². The summed E-state index contributed by atoms with van der Waals surface area (Å²) >= 11 is 0. The summed E-state index contributed by atoms with van der Waals surface area (Å²) in [4.78, 5) is 9.42. The van der Waals surface area contributed by atoms with Crippen molar-refractivity contribution in [3.63, 3.8) is 0 Å². The normalized spacial score (nSPS) is 11.4. The highest BCUT2D eigenvalue weighted by molar-refractivity contribution is 6.50. The molecule has 0 unspecified atom stereocenters. The molecular weight excluding hydrogens is 242 g/mol. The van der Waals surface area contributed by atoms with Crippen molar-refractivity contribution in [2.45, 2.75) is 0 Å². The van der Waals surface area contributed by atoms with Crippen LogP contribution in [0.4, 0.5) is 4.79 Å². The average molecular weight is 257 g/mol. The first-order valence-electron chi connectivity index (χ1n) is 3.31. The van der Waals surface area contributed by atoms with Crippen molar-refractivity contribution in [2.24, 2.45) is 0 Å². The van der Waals surface area contributed by atoms with Gasteiger partial charge in [-0.05, 0) is 6.20 Å². The van der Waals surface area contributed by atoms with Gasteiger partial charge < -0.3 is 17.5 Å². The summed E-state index contributed by atoms with van der Waals surface area (Å²) in [5.74, 6) is 0. The first-order valence-corrected chi connectivity index (χ1v) is 7.17. The molecule has 13 heavy (non-hydrogen) atoms. The molecule has 2 N–H and O–H groups in total. The Morgan fingerprint density at radius 1 is 1.38 bits per heavy atom. The summed E-state index contributed by atoms with van der Waals surface area (Å²) in [7, 11) is 0.757. The van der Waals surface area contributed by atoms with Crippen LogP contribution in [-0.2, 0) is 12.3 Å². The Hall–Kier alpha value is -0.242. The van der Waals surface area contributed by atoms with Gasteiger partial charge in [-0.3, -0.25) is 5.32 Å². The van der Waals surface area contributed by atoms with E-state index in [1.807, 2.05) is 5.32 Å². The van der Waals surface area contributed by atoms with Crippen LogP contribution in [0.2, 0.25) is 0 Å². The summed E-state index contributed by atoms with van der Waals surface area (Å²) in [6.07, 6.45) is 0.0208. The predicted molar refractivity (Wildman–Crippen MR) is 61.6 cm³/mol. The molecule has 0 bridgehead atoms. The highest BCUT2D eigenvalue weighted by Crippen LogP contribution is 1.78. The summed E-state index contributed by atoms with van der Waals surface area (Å²) in [6, 6.07) is 0. The zero-order chi connectivity index (χ0) is 10.7. The van der Waals surface area contributed by atoms with Crippen LogP contribution >= 0.6 is 0 Å². The molecule has 1 amide bonds. The van der Waals surface area contributed by atoms with Gasteiger partial charge >= 0.3 is 15.6 Å². The third-order valence-corrected chi connectivity index (χ3v) is 5.42. The zero-order valence-electron chi connectivity index (χ0n) is 7.94. The zero-order valence-corrected chi connectivity index (χ0v) is 15.1. The topological polar surface area (TPSA) is 77.0 Å². The van der Waals surface area contributed by atoms with Crippen LogP contribution in [0.3, 0.4) is 0 Å². The molecule has 0 aliphatic heterocycles. The summed E-state index contributed by atoms with van der Waals surface area (Å²) in [5.41, 5.74) is 0. The minimum Gasteiger partial charge on any atom is -0.465 e. The maximum absolute atomic E-state index is 9.42. The van der Waals surface area contributed by atoms with E-state index in [1.165, 1.54) is 0 Å². The maximum Gasteiger partial charge on any atom is 0.450 e. The molecule has 0 radical (unpaired) electrons. The fourth-order valence-electron chi connectivity index (χ4n) is 0.376. The number of rotatable bonds is 4. The maximum atomic E-state index is 9.42. The van der Waals surface area contributed by atoms with E-state index < -0.39 is 15.6 Å². The van der Waals surface area contributed by atoms with E-state index in [0.717, 1.165) is 37.7 Å². The van der Waals surface area contributed by atoms with E-state index in [2.05, 4.69) is 6.58 Å². The quantitative estimate of drug-likeness (QED) is 0.502. The van der Waals surface area contributed by atoms with Crippen LogP contribution in [0, 0.1) is 0 Å². The van der Waals surface area contributed by atoms with Crippen molar-refractivity contribution in [1.82, 2.24) is 5.32 Å². The Bertz CT molecular complexity index is 136. The fourth-order valence-corrected chi connectivity index (χ4v) is 7.88. The number of hydrogen-bond acceptors (Lipinski definition) is 4. The molecule has 0 aromatic carbocycles. The molecule has 0 spiro atoms. The molecule has 0 fully saturated rings. The molecule has 10 heteroatoms. The largest absolute Gasteiger partial charge is 0.465 e. The van der Waals surface area contributed by atoms with Gasteiger partial charge in [0.15, 0.2) is 0 Å². The highest BCUT2D eigenvalue weighted by atomic mass is 28.4. The minimum absolute atomic E-state index is 0.748. The van der Waals surface area contributed by atoms with Crippen LogP contribution in [0.25, 0.3) is 0 Å². The first-order chi connectivity index (χ1) is 6.12. The number of carboxylic acid groups (broad SMARTS) is 1. The van der Waals surface area contributed by atoms with Crippen LogP contribution < -0.4 is 5.32 Å². The number of amides is 1. The lowest BCUT2D eigenvalue weighted by Gasteiger charge is -2.07.